The lowest BCUT2D eigenvalue weighted by atomic mass is 9.91. The highest BCUT2D eigenvalue weighted by molar-refractivity contribution is 5.78. The minimum atomic E-state index is -0.332. The van der Waals surface area contributed by atoms with Gasteiger partial charge in [0.2, 0.25) is 5.91 Å². The van der Waals surface area contributed by atoms with Crippen molar-refractivity contribution in [3.8, 4) is 0 Å². The van der Waals surface area contributed by atoms with Crippen molar-refractivity contribution < 1.29 is 9.90 Å². The van der Waals surface area contributed by atoms with Gasteiger partial charge in [0.05, 0.1) is 6.10 Å². The lowest BCUT2D eigenvalue weighted by Gasteiger charge is -2.36. The smallest absolute Gasteiger partial charge is 0.225 e. The summed E-state index contributed by atoms with van der Waals surface area (Å²) in [7, 11) is 0. The van der Waals surface area contributed by atoms with E-state index >= 15 is 0 Å². The first-order chi connectivity index (χ1) is 8.58. The largest absolute Gasteiger partial charge is 0.391 e. The summed E-state index contributed by atoms with van der Waals surface area (Å²) in [5, 5.41) is 9.87. The molecule has 1 aliphatic heterocycles. The van der Waals surface area contributed by atoms with Crippen molar-refractivity contribution in [1.82, 2.24) is 4.90 Å². The van der Waals surface area contributed by atoms with Gasteiger partial charge in [0, 0.05) is 19.0 Å². The van der Waals surface area contributed by atoms with Crippen LogP contribution in [0.1, 0.15) is 52.4 Å². The van der Waals surface area contributed by atoms with Crippen LogP contribution in [0.25, 0.3) is 0 Å². The molecule has 18 heavy (non-hydrogen) atoms. The standard InChI is InChI=1S/C15H27NO2/c1-11-7-8-16(10-14(11)17)15(18)12(2)9-13-5-3-4-6-13/h11-14,17H,3-10H2,1-2H3. The lowest BCUT2D eigenvalue weighted by Crippen LogP contribution is -2.47. The number of likely N-dealkylation sites (tertiary alicyclic amines) is 1. The van der Waals surface area contributed by atoms with E-state index in [1.807, 2.05) is 4.90 Å². The van der Waals surface area contributed by atoms with E-state index in [9.17, 15) is 9.90 Å². The second kappa shape index (κ2) is 6.05. The number of rotatable bonds is 3. The topological polar surface area (TPSA) is 40.5 Å². The number of β-amino-alcohol motifs (C(OH)–C–C–N with tert-alkyl or cyclic N) is 1. The third kappa shape index (κ3) is 3.25. The minimum absolute atomic E-state index is 0.133. The Bertz CT molecular complexity index is 286. The molecule has 0 radical (unpaired) electrons. The van der Waals surface area contributed by atoms with E-state index in [1.165, 1.54) is 25.7 Å². The zero-order valence-electron chi connectivity index (χ0n) is 11.8. The molecule has 0 aromatic heterocycles. The Kier molecular flexibility index (Phi) is 4.66. The van der Waals surface area contributed by atoms with Crippen molar-refractivity contribution in [2.45, 2.75) is 58.5 Å². The Morgan fingerprint density at radius 2 is 2.00 bits per heavy atom. The van der Waals surface area contributed by atoms with Gasteiger partial charge in [0.1, 0.15) is 0 Å². The molecule has 1 aliphatic carbocycles. The first kappa shape index (κ1) is 13.9. The van der Waals surface area contributed by atoms with Gasteiger partial charge in [-0.1, -0.05) is 39.5 Å². The molecule has 104 valence electrons. The van der Waals surface area contributed by atoms with Gasteiger partial charge >= 0.3 is 0 Å². The first-order valence-corrected chi connectivity index (χ1v) is 7.54. The maximum Gasteiger partial charge on any atom is 0.225 e. The van der Waals surface area contributed by atoms with E-state index in [-0.39, 0.29) is 17.9 Å². The van der Waals surface area contributed by atoms with Gasteiger partial charge in [-0.15, -0.1) is 0 Å². The molecule has 2 aliphatic rings. The summed E-state index contributed by atoms with van der Waals surface area (Å²) < 4.78 is 0. The predicted molar refractivity (Wildman–Crippen MR) is 72.1 cm³/mol. The Hall–Kier alpha value is -0.570. The predicted octanol–water partition coefficient (Wildman–Crippen LogP) is 2.43. The van der Waals surface area contributed by atoms with Crippen LogP contribution in [0.4, 0.5) is 0 Å². The van der Waals surface area contributed by atoms with Gasteiger partial charge in [-0.3, -0.25) is 4.79 Å². The molecule has 2 fully saturated rings. The molecule has 1 saturated carbocycles. The van der Waals surface area contributed by atoms with Crippen LogP contribution in [0.3, 0.4) is 0 Å². The van der Waals surface area contributed by atoms with Gasteiger partial charge in [-0.25, -0.2) is 0 Å². The number of hydrogen-bond donors (Lipinski definition) is 1. The summed E-state index contributed by atoms with van der Waals surface area (Å²) in [5.41, 5.74) is 0. The van der Waals surface area contributed by atoms with Crippen LogP contribution in [0.15, 0.2) is 0 Å². The van der Waals surface area contributed by atoms with E-state index in [1.54, 1.807) is 0 Å². The monoisotopic (exact) mass is 253 g/mol. The summed E-state index contributed by atoms with van der Waals surface area (Å²) in [6.07, 6.45) is 6.93. The van der Waals surface area contributed by atoms with Crippen LogP contribution in [0.2, 0.25) is 0 Å². The number of carbonyl (C=O) groups excluding carboxylic acids is 1. The van der Waals surface area contributed by atoms with E-state index < -0.39 is 0 Å². The van der Waals surface area contributed by atoms with Gasteiger partial charge < -0.3 is 10.0 Å². The number of piperidine rings is 1. The molecule has 3 atom stereocenters. The van der Waals surface area contributed by atoms with Crippen molar-refractivity contribution in [3.63, 3.8) is 0 Å². The molecule has 0 bridgehead atoms. The number of carbonyl (C=O) groups is 1. The van der Waals surface area contributed by atoms with Crippen LogP contribution in [-0.2, 0) is 4.79 Å². The average molecular weight is 253 g/mol. The summed E-state index contributed by atoms with van der Waals surface area (Å²) in [6, 6.07) is 0. The quantitative estimate of drug-likeness (QED) is 0.839. The molecule has 1 amide bonds. The van der Waals surface area contributed by atoms with E-state index in [4.69, 9.17) is 0 Å². The fraction of sp³-hybridized carbons (Fsp3) is 0.933. The number of hydrogen-bond acceptors (Lipinski definition) is 2. The fourth-order valence-corrected chi connectivity index (χ4v) is 3.41. The molecule has 3 nitrogen and oxygen atoms in total. The lowest BCUT2D eigenvalue weighted by molar-refractivity contribution is -0.139. The van der Waals surface area contributed by atoms with Gasteiger partial charge in [-0.05, 0) is 24.7 Å². The molecule has 3 unspecified atom stereocenters. The molecule has 1 heterocycles. The zero-order valence-corrected chi connectivity index (χ0v) is 11.8. The fourth-order valence-electron chi connectivity index (χ4n) is 3.41. The number of aliphatic hydroxyl groups is 1. The van der Waals surface area contributed by atoms with Gasteiger partial charge in [0.15, 0.2) is 0 Å². The van der Waals surface area contributed by atoms with Gasteiger partial charge in [0.25, 0.3) is 0 Å². The van der Waals surface area contributed by atoms with Gasteiger partial charge in [-0.2, -0.15) is 0 Å². The first-order valence-electron chi connectivity index (χ1n) is 7.54. The van der Waals surface area contributed by atoms with Crippen LogP contribution < -0.4 is 0 Å². The molecule has 1 N–H and O–H groups in total. The summed E-state index contributed by atoms with van der Waals surface area (Å²) in [5.74, 6) is 1.48. The van der Waals surface area contributed by atoms with E-state index in [0.29, 0.717) is 12.5 Å². The maximum atomic E-state index is 12.4. The zero-order chi connectivity index (χ0) is 13.1. The molecule has 2 rings (SSSR count). The summed E-state index contributed by atoms with van der Waals surface area (Å²) in [4.78, 5) is 14.2. The van der Waals surface area contributed by atoms with Crippen LogP contribution in [0.5, 0.6) is 0 Å². The molecule has 1 saturated heterocycles. The van der Waals surface area contributed by atoms with Crippen LogP contribution in [0, 0.1) is 17.8 Å². The van der Waals surface area contributed by atoms with Crippen molar-refractivity contribution >= 4 is 5.91 Å². The second-order valence-corrected chi connectivity index (χ2v) is 6.40. The van der Waals surface area contributed by atoms with E-state index in [0.717, 1.165) is 25.3 Å². The molecular weight excluding hydrogens is 226 g/mol. The van der Waals surface area contributed by atoms with Crippen molar-refractivity contribution in [2.24, 2.45) is 17.8 Å². The Balaban J connectivity index is 1.82. The Morgan fingerprint density at radius 3 is 2.61 bits per heavy atom. The van der Waals surface area contributed by atoms with Crippen molar-refractivity contribution in [1.29, 1.82) is 0 Å². The molecule has 3 heteroatoms. The SMILES string of the molecule is CC(CC1CCCC1)C(=O)N1CCC(C)C(O)C1. The summed E-state index contributed by atoms with van der Waals surface area (Å²) in [6.45, 7) is 5.49. The highest BCUT2D eigenvalue weighted by atomic mass is 16.3. The third-order valence-electron chi connectivity index (χ3n) is 4.81. The number of nitrogens with zero attached hydrogens (tertiary/aromatic N) is 1. The molecule has 0 spiro atoms. The average Bonchev–Trinajstić information content (AvgIpc) is 2.84. The maximum absolute atomic E-state index is 12.4. The van der Waals surface area contributed by atoms with E-state index in [2.05, 4.69) is 13.8 Å². The highest BCUT2D eigenvalue weighted by Crippen LogP contribution is 2.31. The van der Waals surface area contributed by atoms with Crippen molar-refractivity contribution in [3.05, 3.63) is 0 Å². The van der Waals surface area contributed by atoms with Crippen molar-refractivity contribution in [2.75, 3.05) is 13.1 Å². The van der Waals surface area contributed by atoms with Crippen LogP contribution >= 0.6 is 0 Å². The normalized spacial score (nSPS) is 31.6. The van der Waals surface area contributed by atoms with Crippen LogP contribution in [-0.4, -0.2) is 35.1 Å². The highest BCUT2D eigenvalue weighted by Gasteiger charge is 2.30. The third-order valence-corrected chi connectivity index (χ3v) is 4.81. The second-order valence-electron chi connectivity index (χ2n) is 6.40. The molecule has 0 aromatic carbocycles. The summed E-state index contributed by atoms with van der Waals surface area (Å²) >= 11 is 0. The molecular formula is C15H27NO2. The minimum Gasteiger partial charge on any atom is -0.391 e. The number of amides is 1. The Labute approximate surface area is 111 Å². The number of aliphatic hydroxyl groups excluding tert-OH is 1. The molecule has 0 aromatic rings. The Morgan fingerprint density at radius 1 is 1.33 bits per heavy atom.